The molecule has 1 fully saturated rings. The predicted molar refractivity (Wildman–Crippen MR) is 112 cm³/mol. The van der Waals surface area contributed by atoms with Gasteiger partial charge in [-0.25, -0.2) is 4.79 Å². The average molecular weight is 441 g/mol. The zero-order valence-electron chi connectivity index (χ0n) is 17.2. The number of carbonyl (C=O) groups is 3. The van der Waals surface area contributed by atoms with E-state index in [1.54, 1.807) is 0 Å². The van der Waals surface area contributed by atoms with E-state index in [2.05, 4.69) is 20.7 Å². The highest BCUT2D eigenvalue weighted by Gasteiger charge is 2.36. The van der Waals surface area contributed by atoms with Crippen LogP contribution in [0.25, 0.3) is 0 Å². The Kier molecular flexibility index (Phi) is 8.88. The molecule has 1 aliphatic heterocycles. The Balaban J connectivity index is 2.11. The number of amides is 3. The summed E-state index contributed by atoms with van der Waals surface area (Å²) in [6, 6.07) is 6.54. The van der Waals surface area contributed by atoms with Gasteiger partial charge < -0.3 is 31.2 Å². The second-order valence-electron chi connectivity index (χ2n) is 7.45. The van der Waals surface area contributed by atoms with Gasteiger partial charge in [-0.05, 0) is 50.4 Å². The number of nitrogens with one attached hydrogen (secondary N) is 3. The fourth-order valence-electron chi connectivity index (χ4n) is 3.48. The summed E-state index contributed by atoms with van der Waals surface area (Å²) in [7, 11) is 1.43. The van der Waals surface area contributed by atoms with Crippen molar-refractivity contribution >= 4 is 29.5 Å². The van der Waals surface area contributed by atoms with Gasteiger partial charge in [0.25, 0.3) is 5.91 Å². The number of nitrogens with two attached hydrogens (primary N) is 1. The van der Waals surface area contributed by atoms with E-state index in [-0.39, 0.29) is 12.5 Å². The van der Waals surface area contributed by atoms with E-state index in [4.69, 9.17) is 22.1 Å². The summed E-state index contributed by atoms with van der Waals surface area (Å²) in [4.78, 5) is 36.2. The van der Waals surface area contributed by atoms with Crippen molar-refractivity contribution in [2.45, 2.75) is 43.9 Å². The first-order valence-electron chi connectivity index (χ1n) is 9.77. The van der Waals surface area contributed by atoms with Crippen molar-refractivity contribution < 1.29 is 23.9 Å². The van der Waals surface area contributed by atoms with E-state index < -0.39 is 29.7 Å². The summed E-state index contributed by atoms with van der Waals surface area (Å²) < 4.78 is 9.76. The lowest BCUT2D eigenvalue weighted by atomic mass is 9.83. The molecule has 0 bridgehead atoms. The third-order valence-corrected chi connectivity index (χ3v) is 5.20. The van der Waals surface area contributed by atoms with Crippen molar-refractivity contribution in [2.75, 3.05) is 26.8 Å². The molecule has 0 aliphatic carbocycles. The SMILES string of the molecule is COCC(NC(=O)C(C)OC(N)=O)C(=O)N[C@@]1(Cc2ccc(Cl)cc2)CCCNC1. The molecule has 1 aliphatic rings. The Morgan fingerprint density at radius 1 is 1.27 bits per heavy atom. The summed E-state index contributed by atoms with van der Waals surface area (Å²) in [5.74, 6) is -1.02. The minimum atomic E-state index is -1.13. The summed E-state index contributed by atoms with van der Waals surface area (Å²) in [6.45, 7) is 2.80. The third-order valence-electron chi connectivity index (χ3n) is 4.94. The number of methoxy groups -OCH3 is 1. The molecule has 0 aromatic heterocycles. The summed E-state index contributed by atoms with van der Waals surface area (Å²) in [5, 5.41) is 9.64. The van der Waals surface area contributed by atoms with Gasteiger partial charge in [0.1, 0.15) is 6.04 Å². The van der Waals surface area contributed by atoms with Gasteiger partial charge in [0.15, 0.2) is 6.10 Å². The zero-order valence-corrected chi connectivity index (χ0v) is 18.0. The van der Waals surface area contributed by atoms with Gasteiger partial charge in [0.2, 0.25) is 5.91 Å². The highest BCUT2D eigenvalue weighted by molar-refractivity contribution is 6.30. The van der Waals surface area contributed by atoms with Crippen LogP contribution < -0.4 is 21.7 Å². The Bertz CT molecular complexity index is 737. The Hall–Kier alpha value is -2.36. The molecule has 30 heavy (non-hydrogen) atoms. The average Bonchev–Trinajstić information content (AvgIpc) is 2.69. The lowest BCUT2D eigenvalue weighted by Crippen LogP contribution is -2.63. The largest absolute Gasteiger partial charge is 0.437 e. The van der Waals surface area contributed by atoms with Crippen LogP contribution in [0.15, 0.2) is 24.3 Å². The maximum Gasteiger partial charge on any atom is 0.405 e. The molecule has 166 valence electrons. The monoisotopic (exact) mass is 440 g/mol. The van der Waals surface area contributed by atoms with Gasteiger partial charge in [-0.2, -0.15) is 0 Å². The van der Waals surface area contributed by atoms with Gasteiger partial charge >= 0.3 is 6.09 Å². The van der Waals surface area contributed by atoms with Gasteiger partial charge in [-0.1, -0.05) is 23.7 Å². The minimum Gasteiger partial charge on any atom is -0.437 e. The molecule has 10 heteroatoms. The second kappa shape index (κ2) is 11.1. The van der Waals surface area contributed by atoms with Crippen molar-refractivity contribution in [3.63, 3.8) is 0 Å². The Labute approximate surface area is 181 Å². The maximum atomic E-state index is 13.0. The predicted octanol–water partition coefficient (Wildman–Crippen LogP) is 0.736. The van der Waals surface area contributed by atoms with E-state index in [1.165, 1.54) is 14.0 Å². The van der Waals surface area contributed by atoms with E-state index in [9.17, 15) is 14.4 Å². The van der Waals surface area contributed by atoms with Crippen molar-refractivity contribution in [2.24, 2.45) is 5.73 Å². The number of halogens is 1. The molecule has 2 unspecified atom stereocenters. The van der Waals surface area contributed by atoms with Gasteiger partial charge in [0.05, 0.1) is 12.1 Å². The van der Waals surface area contributed by atoms with Crippen LogP contribution in [0, 0.1) is 0 Å². The van der Waals surface area contributed by atoms with Crippen LogP contribution in [0.4, 0.5) is 4.79 Å². The standard InChI is InChI=1S/C20H29ClN4O5/c1-13(30-19(22)28)17(26)24-16(11-29-2)18(27)25-20(8-3-9-23-12-20)10-14-4-6-15(21)7-5-14/h4-7,13,16,23H,3,8-12H2,1-2H3,(H2,22,28)(H,24,26)(H,25,27)/t13?,16?,20-/m1/s1. The third kappa shape index (κ3) is 7.16. The number of hydrogen-bond donors (Lipinski definition) is 4. The highest BCUT2D eigenvalue weighted by atomic mass is 35.5. The van der Waals surface area contributed by atoms with Crippen LogP contribution in [0.1, 0.15) is 25.3 Å². The molecule has 3 atom stereocenters. The van der Waals surface area contributed by atoms with Crippen molar-refractivity contribution in [1.82, 2.24) is 16.0 Å². The molecule has 0 radical (unpaired) electrons. The quantitative estimate of drug-likeness (QED) is 0.447. The zero-order chi connectivity index (χ0) is 22.1. The molecule has 1 saturated heterocycles. The molecule has 1 aromatic rings. The summed E-state index contributed by atoms with van der Waals surface area (Å²) in [5.41, 5.74) is 5.47. The number of carbonyl (C=O) groups excluding carboxylic acids is 3. The van der Waals surface area contributed by atoms with Gasteiger partial charge in [-0.15, -0.1) is 0 Å². The second-order valence-corrected chi connectivity index (χ2v) is 7.89. The molecule has 0 spiro atoms. The Morgan fingerprint density at radius 2 is 1.97 bits per heavy atom. The van der Waals surface area contributed by atoms with Crippen LogP contribution >= 0.6 is 11.6 Å². The fraction of sp³-hybridized carbons (Fsp3) is 0.550. The van der Waals surface area contributed by atoms with Crippen LogP contribution in [-0.4, -0.2) is 62.4 Å². The lowest BCUT2D eigenvalue weighted by molar-refractivity contribution is -0.135. The molecule has 2 rings (SSSR count). The molecular weight excluding hydrogens is 412 g/mol. The number of rotatable bonds is 9. The van der Waals surface area contributed by atoms with E-state index in [0.29, 0.717) is 18.0 Å². The van der Waals surface area contributed by atoms with Crippen molar-refractivity contribution in [1.29, 1.82) is 0 Å². The normalized spacial score (nSPS) is 20.6. The smallest absolute Gasteiger partial charge is 0.405 e. The molecule has 3 amide bonds. The van der Waals surface area contributed by atoms with E-state index in [0.717, 1.165) is 24.9 Å². The Morgan fingerprint density at radius 3 is 2.53 bits per heavy atom. The number of hydrogen-bond acceptors (Lipinski definition) is 6. The van der Waals surface area contributed by atoms with Crippen molar-refractivity contribution in [3.8, 4) is 0 Å². The van der Waals surface area contributed by atoms with Gasteiger partial charge in [0, 0.05) is 18.7 Å². The first-order chi connectivity index (χ1) is 14.2. The molecule has 9 nitrogen and oxygen atoms in total. The molecule has 1 heterocycles. The van der Waals surface area contributed by atoms with Crippen LogP contribution in [0.5, 0.6) is 0 Å². The molecular formula is C20H29ClN4O5. The summed E-state index contributed by atoms with van der Waals surface area (Å²) in [6.07, 6.45) is 0.0919. The van der Waals surface area contributed by atoms with Crippen molar-refractivity contribution in [3.05, 3.63) is 34.9 Å². The molecule has 1 aromatic carbocycles. The fourth-order valence-corrected chi connectivity index (χ4v) is 3.60. The number of benzene rings is 1. The van der Waals surface area contributed by atoms with Gasteiger partial charge in [-0.3, -0.25) is 9.59 Å². The first kappa shape index (κ1) is 23.9. The highest BCUT2D eigenvalue weighted by Crippen LogP contribution is 2.23. The number of piperidine rings is 1. The summed E-state index contributed by atoms with van der Waals surface area (Å²) >= 11 is 5.98. The van der Waals surface area contributed by atoms with Crippen LogP contribution in [0.3, 0.4) is 0 Å². The first-order valence-corrected chi connectivity index (χ1v) is 10.1. The molecule has 5 N–H and O–H groups in total. The minimum absolute atomic E-state index is 0.0364. The van der Waals surface area contributed by atoms with E-state index >= 15 is 0 Å². The van der Waals surface area contributed by atoms with Crippen LogP contribution in [-0.2, 0) is 25.5 Å². The number of ether oxygens (including phenoxy) is 2. The lowest BCUT2D eigenvalue weighted by Gasteiger charge is -2.39. The van der Waals surface area contributed by atoms with E-state index in [1.807, 2.05) is 24.3 Å². The maximum absolute atomic E-state index is 13.0. The van der Waals surface area contributed by atoms with Crippen LogP contribution in [0.2, 0.25) is 5.02 Å². The topological polar surface area (TPSA) is 132 Å². The molecule has 0 saturated carbocycles. The number of primary amides is 1.